The molecule has 0 aliphatic rings. The van der Waals surface area contributed by atoms with Crippen molar-refractivity contribution in [3.8, 4) is 0 Å². The maximum atomic E-state index is 12.6. The number of urea groups is 1. The summed E-state index contributed by atoms with van der Waals surface area (Å²) >= 11 is 6.06. The summed E-state index contributed by atoms with van der Waals surface area (Å²) in [5, 5.41) is 13.5. The van der Waals surface area contributed by atoms with Crippen LogP contribution in [0.2, 0.25) is 5.28 Å². The molecule has 0 spiro atoms. The Morgan fingerprint density at radius 2 is 1.24 bits per heavy atom. The van der Waals surface area contributed by atoms with Crippen LogP contribution in [0.5, 0.6) is 0 Å². The summed E-state index contributed by atoms with van der Waals surface area (Å²) in [6.07, 6.45) is 0. The molecule has 0 unspecified atom stereocenters. The van der Waals surface area contributed by atoms with E-state index in [0.717, 1.165) is 12.1 Å². The third-order valence-corrected chi connectivity index (χ3v) is 12.1. The molecular formula is C28H20ClN9Na4O16S5. The maximum absolute atomic E-state index is 12.6. The predicted octanol–water partition coefficient (Wildman–Crippen LogP) is -9.95. The standard InChI is InChI=1S/C28H24ClN9O16S5.4Na/c29-25-34-27(31-15-2-1-3-17(10-15)55(40,41)7-6-54-59(51,52)53)36-28(35-25)32-16-4-5-20(21(11-16)33-26(30)39)37-38-22-13-19-14(9-24(22)58(48,49)50)8-18(56(42,43)44)12-23(19)57(45,46)47;;;;/h1-5,8-13H,6-7H2,(H3,30,33,39)(H,42,43,44)(H,45,46,47)(H,48,49,50)(H,51,52,53)(H2,31,32,34,35,36);;;;/q;4*+1/p-4. The molecule has 5 N–H and O–H groups in total. The van der Waals surface area contributed by atoms with E-state index >= 15 is 0 Å². The monoisotopic (exact) mass is 1020 g/mol. The van der Waals surface area contributed by atoms with E-state index in [1.54, 1.807) is 0 Å². The Morgan fingerprint density at radius 3 is 1.78 bits per heavy atom. The molecule has 4 aromatic carbocycles. The Kier molecular flexibility index (Phi) is 22.1. The second-order valence-corrected chi connectivity index (χ2v) is 18.9. The first kappa shape index (κ1) is 59.5. The van der Waals surface area contributed by atoms with Crippen LogP contribution >= 0.6 is 11.6 Å². The Morgan fingerprint density at radius 1 is 0.667 bits per heavy atom. The second kappa shape index (κ2) is 23.5. The summed E-state index contributed by atoms with van der Waals surface area (Å²) < 4.78 is 169. The van der Waals surface area contributed by atoms with Crippen molar-refractivity contribution in [3.05, 3.63) is 72.0 Å². The third kappa shape index (κ3) is 16.9. The number of primary amides is 1. The van der Waals surface area contributed by atoms with E-state index in [0.29, 0.717) is 18.2 Å². The van der Waals surface area contributed by atoms with E-state index in [1.165, 1.54) is 30.3 Å². The van der Waals surface area contributed by atoms with Crippen molar-refractivity contribution in [1.82, 2.24) is 15.0 Å². The number of rotatable bonds is 15. The summed E-state index contributed by atoms with van der Waals surface area (Å²) in [7, 11) is -25.7. The Balaban J connectivity index is 0.00000496. The number of carbonyl (C=O) groups is 1. The second-order valence-electron chi connectivity index (χ2n) is 11.3. The van der Waals surface area contributed by atoms with Crippen LogP contribution in [0.3, 0.4) is 0 Å². The van der Waals surface area contributed by atoms with Crippen LogP contribution < -0.4 is 140 Å². The molecule has 1 heterocycles. The molecule has 0 fully saturated rings. The first-order valence-corrected chi connectivity index (χ1v) is 22.8. The number of hydrogen-bond donors (Lipinski definition) is 4. The Bertz CT molecular complexity index is 3160. The quantitative estimate of drug-likeness (QED) is 0.0327. The minimum Gasteiger partial charge on any atom is -0.744 e. The van der Waals surface area contributed by atoms with Crippen LogP contribution in [-0.4, -0.2) is 93.6 Å². The molecule has 0 saturated heterocycles. The third-order valence-electron chi connectivity index (χ3n) is 7.21. The molecule has 5 rings (SSSR count). The van der Waals surface area contributed by atoms with E-state index < -0.39 is 100 Å². The first-order valence-electron chi connectivity index (χ1n) is 15.2. The van der Waals surface area contributed by atoms with Crippen molar-refractivity contribution in [2.24, 2.45) is 16.0 Å². The van der Waals surface area contributed by atoms with Gasteiger partial charge in [-0.15, -0.1) is 10.2 Å². The summed E-state index contributed by atoms with van der Waals surface area (Å²) in [6, 6.07) is 9.42. The molecule has 0 aliphatic heterocycles. The molecule has 25 nitrogen and oxygen atoms in total. The maximum Gasteiger partial charge on any atom is 1.00 e. The number of nitrogens with zero attached hydrogens (tertiary/aromatic N) is 5. The van der Waals surface area contributed by atoms with E-state index in [-0.39, 0.29) is 169 Å². The summed E-state index contributed by atoms with van der Waals surface area (Å²) in [5.41, 5.74) is 4.10. The average Bonchev–Trinajstić information content (AvgIpc) is 3.08. The molecule has 5 aromatic rings. The van der Waals surface area contributed by atoms with Crippen LogP contribution in [0.15, 0.2) is 96.5 Å². The fraction of sp³-hybridized carbons (Fsp3) is 0.0714. The van der Waals surface area contributed by atoms with Gasteiger partial charge < -0.3 is 39.9 Å². The summed E-state index contributed by atoms with van der Waals surface area (Å²) in [5.74, 6) is -1.33. The Labute approximate surface area is 451 Å². The van der Waals surface area contributed by atoms with Gasteiger partial charge in [-0.05, 0) is 77.7 Å². The SMILES string of the molecule is NC(=O)Nc1cc(Nc2nc(Cl)nc(Nc3cccc(S(=O)(=O)CCOS(=O)(=O)[O-])c3)n2)ccc1N=Nc1cc2c(S(=O)(=O)[O-])cc(S(=O)(=O)[O-])cc2cc1S(=O)(=O)[O-].[Na+].[Na+].[Na+].[Na+]. The van der Waals surface area contributed by atoms with Crippen molar-refractivity contribution in [2.75, 3.05) is 28.3 Å². The number of nitrogens with one attached hydrogen (secondary N) is 3. The van der Waals surface area contributed by atoms with Crippen molar-refractivity contribution in [2.45, 2.75) is 19.6 Å². The molecule has 0 atom stereocenters. The number of anilines is 5. The minimum absolute atomic E-state index is 0. The summed E-state index contributed by atoms with van der Waals surface area (Å²) in [4.78, 5) is 19.9. The van der Waals surface area contributed by atoms with Crippen molar-refractivity contribution < 1.29 is 188 Å². The van der Waals surface area contributed by atoms with E-state index in [1.807, 2.05) is 0 Å². The van der Waals surface area contributed by atoms with Gasteiger partial charge in [-0.2, -0.15) is 15.0 Å². The van der Waals surface area contributed by atoms with Gasteiger partial charge in [0, 0.05) is 16.8 Å². The fourth-order valence-corrected chi connectivity index (χ4v) is 8.48. The largest absolute Gasteiger partial charge is 1.00 e. The predicted molar refractivity (Wildman–Crippen MR) is 197 cm³/mol. The molecule has 0 aliphatic carbocycles. The number of sulfone groups is 1. The average molecular weight is 1030 g/mol. The number of nitrogens with two attached hydrogens (primary N) is 1. The van der Waals surface area contributed by atoms with Gasteiger partial charge in [0.1, 0.15) is 41.7 Å². The van der Waals surface area contributed by atoms with Gasteiger partial charge >= 0.3 is 124 Å². The van der Waals surface area contributed by atoms with Gasteiger partial charge in [0.25, 0.3) is 0 Å². The van der Waals surface area contributed by atoms with Crippen LogP contribution in [-0.2, 0) is 54.8 Å². The first-order chi connectivity index (χ1) is 27.2. The van der Waals surface area contributed by atoms with Crippen LogP contribution in [0.1, 0.15) is 0 Å². The summed E-state index contributed by atoms with van der Waals surface area (Å²) in [6.45, 7) is -0.927. The molecule has 0 bridgehead atoms. The van der Waals surface area contributed by atoms with Crippen molar-refractivity contribution in [1.29, 1.82) is 0 Å². The van der Waals surface area contributed by atoms with Crippen LogP contribution in [0.25, 0.3) is 10.8 Å². The van der Waals surface area contributed by atoms with Crippen molar-refractivity contribution in [3.63, 3.8) is 0 Å². The van der Waals surface area contributed by atoms with Gasteiger partial charge in [-0.3, -0.25) is 4.18 Å². The van der Waals surface area contributed by atoms with Gasteiger partial charge in [0.2, 0.25) is 27.6 Å². The van der Waals surface area contributed by atoms with E-state index in [2.05, 4.69) is 45.3 Å². The zero-order valence-electron chi connectivity index (χ0n) is 32.5. The number of benzene rings is 4. The molecule has 2 amide bonds. The molecule has 0 saturated carbocycles. The molecule has 314 valence electrons. The number of hydrogen-bond acceptors (Lipinski definition) is 23. The fourth-order valence-electron chi connectivity index (χ4n) is 4.84. The minimum atomic E-state index is -5.53. The zero-order chi connectivity index (χ0) is 43.7. The smallest absolute Gasteiger partial charge is 0.744 e. The van der Waals surface area contributed by atoms with Crippen molar-refractivity contribution >= 4 is 119 Å². The zero-order valence-corrected chi connectivity index (χ0v) is 45.4. The van der Waals surface area contributed by atoms with Gasteiger partial charge in [0.05, 0.1) is 37.6 Å². The number of halogens is 1. The molecule has 0 radical (unpaired) electrons. The molecular weight excluding hydrogens is 1010 g/mol. The number of aromatic nitrogens is 3. The number of azo groups is 1. The number of amides is 2. The number of carbonyl (C=O) groups excluding carboxylic acids is 1. The van der Waals surface area contributed by atoms with Gasteiger partial charge in [-0.25, -0.2) is 46.9 Å². The Hall–Kier alpha value is -1.54. The van der Waals surface area contributed by atoms with Gasteiger partial charge in [-0.1, -0.05) is 6.07 Å². The molecule has 63 heavy (non-hydrogen) atoms. The molecule has 1 aromatic heterocycles. The van der Waals surface area contributed by atoms with E-state index in [9.17, 15) is 65.1 Å². The van der Waals surface area contributed by atoms with Gasteiger partial charge in [0.15, 0.2) is 9.84 Å². The number of fused-ring (bicyclic) bond motifs is 1. The van der Waals surface area contributed by atoms with Crippen LogP contribution in [0.4, 0.5) is 45.1 Å². The van der Waals surface area contributed by atoms with E-state index in [4.69, 9.17) is 17.3 Å². The normalized spacial score (nSPS) is 12.0. The molecule has 35 heteroatoms. The van der Waals surface area contributed by atoms with Crippen LogP contribution in [0, 0.1) is 0 Å². The topological polar surface area (TPSA) is 415 Å².